The predicted octanol–water partition coefficient (Wildman–Crippen LogP) is 0.962. The average molecular weight is 242 g/mol. The van der Waals surface area contributed by atoms with Gasteiger partial charge < -0.3 is 5.11 Å². The Labute approximate surface area is 96.9 Å². The Morgan fingerprint density at radius 2 is 1.94 bits per heavy atom. The second-order valence-electron chi connectivity index (χ2n) is 4.51. The highest BCUT2D eigenvalue weighted by Crippen LogP contribution is 2.25. The number of hydrogen-bond acceptors (Lipinski definition) is 3. The first kappa shape index (κ1) is 11.9. The minimum Gasteiger partial charge on any atom is -0.492 e. The van der Waals surface area contributed by atoms with Gasteiger partial charge in [-0.2, -0.15) is 4.39 Å². The van der Waals surface area contributed by atoms with E-state index in [0.717, 1.165) is 30.3 Å². The fraction of sp³-hybridized carbons (Fsp3) is 0.636. The molecule has 0 aromatic carbocycles. The predicted molar refractivity (Wildman–Crippen MR) is 59.5 cm³/mol. The fourth-order valence-electron chi connectivity index (χ4n) is 2.33. The first-order chi connectivity index (χ1) is 8.09. The topological polar surface area (TPSA) is 75.1 Å². The molecule has 1 heterocycles. The molecular weight excluding hydrogens is 227 g/mol. The molecule has 0 unspecified atom stereocenters. The van der Waals surface area contributed by atoms with Gasteiger partial charge in [-0.1, -0.05) is 19.3 Å². The van der Waals surface area contributed by atoms with Crippen LogP contribution in [-0.4, -0.2) is 14.7 Å². The number of rotatable bonds is 2. The molecule has 1 aromatic rings. The number of nitrogens with zero attached hydrogens (tertiary/aromatic N) is 1. The van der Waals surface area contributed by atoms with Crippen LogP contribution in [0.3, 0.4) is 0 Å². The molecule has 6 heteroatoms. The standard InChI is InChI=1S/C11H15FN2O3/c12-8-9(15)13-11(17)14(10(8)16)6-7-4-2-1-3-5-7/h7,16H,1-6H2,(H,13,15,17). The van der Waals surface area contributed by atoms with E-state index >= 15 is 0 Å². The number of H-pyrrole nitrogens is 1. The maximum absolute atomic E-state index is 13.2. The van der Waals surface area contributed by atoms with Gasteiger partial charge in [-0.3, -0.25) is 14.3 Å². The van der Waals surface area contributed by atoms with Crippen LogP contribution in [0.25, 0.3) is 0 Å². The summed E-state index contributed by atoms with van der Waals surface area (Å²) < 4.78 is 14.1. The summed E-state index contributed by atoms with van der Waals surface area (Å²) in [5.74, 6) is -1.89. The van der Waals surface area contributed by atoms with Gasteiger partial charge in [0.1, 0.15) is 0 Å². The Kier molecular flexibility index (Phi) is 3.31. The van der Waals surface area contributed by atoms with Crippen LogP contribution in [0.5, 0.6) is 5.88 Å². The highest BCUT2D eigenvalue weighted by atomic mass is 19.1. The molecule has 0 radical (unpaired) electrons. The van der Waals surface area contributed by atoms with E-state index in [9.17, 15) is 19.1 Å². The van der Waals surface area contributed by atoms with Gasteiger partial charge in [0, 0.05) is 6.54 Å². The lowest BCUT2D eigenvalue weighted by Gasteiger charge is -2.22. The molecule has 0 spiro atoms. The summed E-state index contributed by atoms with van der Waals surface area (Å²) in [5, 5.41) is 9.46. The molecule has 0 amide bonds. The van der Waals surface area contributed by atoms with E-state index in [1.807, 2.05) is 4.98 Å². The van der Waals surface area contributed by atoms with Crippen LogP contribution in [0.1, 0.15) is 32.1 Å². The second-order valence-corrected chi connectivity index (χ2v) is 4.51. The molecule has 17 heavy (non-hydrogen) atoms. The van der Waals surface area contributed by atoms with Crippen molar-refractivity contribution in [3.8, 4) is 5.88 Å². The van der Waals surface area contributed by atoms with E-state index in [1.165, 1.54) is 6.42 Å². The molecule has 94 valence electrons. The van der Waals surface area contributed by atoms with Crippen LogP contribution in [0, 0.1) is 11.7 Å². The minimum absolute atomic E-state index is 0.262. The smallest absolute Gasteiger partial charge is 0.331 e. The van der Waals surface area contributed by atoms with Gasteiger partial charge in [-0.15, -0.1) is 0 Å². The number of nitrogens with one attached hydrogen (secondary N) is 1. The van der Waals surface area contributed by atoms with Crippen LogP contribution in [0.15, 0.2) is 9.59 Å². The van der Waals surface area contributed by atoms with Crippen molar-refractivity contribution in [2.24, 2.45) is 5.92 Å². The van der Waals surface area contributed by atoms with Gasteiger partial charge in [-0.25, -0.2) is 4.79 Å². The van der Waals surface area contributed by atoms with Gasteiger partial charge in [-0.05, 0) is 18.8 Å². The van der Waals surface area contributed by atoms with Crippen LogP contribution in [0.4, 0.5) is 4.39 Å². The summed E-state index contributed by atoms with van der Waals surface area (Å²) in [6.07, 6.45) is 5.29. The van der Waals surface area contributed by atoms with E-state index in [0.29, 0.717) is 0 Å². The van der Waals surface area contributed by atoms with Gasteiger partial charge in [0.2, 0.25) is 11.7 Å². The third-order valence-electron chi connectivity index (χ3n) is 3.28. The number of aromatic nitrogens is 2. The highest BCUT2D eigenvalue weighted by Gasteiger charge is 2.19. The van der Waals surface area contributed by atoms with Crippen molar-refractivity contribution in [1.82, 2.24) is 9.55 Å². The van der Waals surface area contributed by atoms with Gasteiger partial charge >= 0.3 is 5.69 Å². The zero-order valence-corrected chi connectivity index (χ0v) is 9.41. The molecule has 1 aliphatic carbocycles. The molecule has 0 bridgehead atoms. The monoisotopic (exact) mass is 242 g/mol. The summed E-state index contributed by atoms with van der Waals surface area (Å²) in [7, 11) is 0. The quantitative estimate of drug-likeness (QED) is 0.811. The van der Waals surface area contributed by atoms with E-state index in [2.05, 4.69) is 0 Å². The van der Waals surface area contributed by atoms with Crippen molar-refractivity contribution in [3.05, 3.63) is 26.7 Å². The van der Waals surface area contributed by atoms with Crippen molar-refractivity contribution in [2.75, 3.05) is 0 Å². The number of hydrogen-bond donors (Lipinski definition) is 2. The third-order valence-corrected chi connectivity index (χ3v) is 3.28. The largest absolute Gasteiger partial charge is 0.492 e. The summed E-state index contributed by atoms with van der Waals surface area (Å²) in [5.41, 5.74) is -1.92. The molecule has 0 aliphatic heterocycles. The summed E-state index contributed by atoms with van der Waals surface area (Å²) >= 11 is 0. The van der Waals surface area contributed by atoms with Gasteiger partial charge in [0.15, 0.2) is 0 Å². The van der Waals surface area contributed by atoms with Crippen molar-refractivity contribution < 1.29 is 9.50 Å². The molecule has 5 nitrogen and oxygen atoms in total. The molecule has 0 atom stereocenters. The second kappa shape index (κ2) is 4.73. The van der Waals surface area contributed by atoms with E-state index < -0.39 is 22.9 Å². The van der Waals surface area contributed by atoms with Gasteiger partial charge in [0.25, 0.3) is 5.56 Å². The van der Waals surface area contributed by atoms with E-state index in [-0.39, 0.29) is 12.5 Å². The Morgan fingerprint density at radius 3 is 2.59 bits per heavy atom. The van der Waals surface area contributed by atoms with Crippen molar-refractivity contribution in [3.63, 3.8) is 0 Å². The van der Waals surface area contributed by atoms with Crippen molar-refractivity contribution >= 4 is 0 Å². The lowest BCUT2D eigenvalue weighted by Crippen LogP contribution is -2.33. The number of aromatic hydroxyl groups is 1. The Hall–Kier alpha value is -1.59. The van der Waals surface area contributed by atoms with Gasteiger partial charge in [0.05, 0.1) is 0 Å². The first-order valence-electron chi connectivity index (χ1n) is 5.81. The maximum atomic E-state index is 13.2. The van der Waals surface area contributed by atoms with Crippen LogP contribution < -0.4 is 11.2 Å². The zero-order chi connectivity index (χ0) is 12.4. The van der Waals surface area contributed by atoms with Crippen molar-refractivity contribution in [2.45, 2.75) is 38.6 Å². The summed E-state index contributed by atoms with van der Waals surface area (Å²) in [6, 6.07) is 0. The molecular formula is C11H15FN2O3. The highest BCUT2D eigenvalue weighted by molar-refractivity contribution is 5.09. The Morgan fingerprint density at radius 1 is 1.29 bits per heavy atom. The maximum Gasteiger partial charge on any atom is 0.331 e. The minimum atomic E-state index is -1.29. The first-order valence-corrected chi connectivity index (χ1v) is 5.81. The molecule has 1 aliphatic rings. The molecule has 1 saturated carbocycles. The molecule has 1 fully saturated rings. The van der Waals surface area contributed by atoms with E-state index in [4.69, 9.17) is 0 Å². The lowest BCUT2D eigenvalue weighted by atomic mass is 9.89. The molecule has 0 saturated heterocycles. The molecule has 2 rings (SSSR count). The lowest BCUT2D eigenvalue weighted by molar-refractivity contribution is 0.283. The number of halogens is 1. The van der Waals surface area contributed by atoms with Crippen LogP contribution in [0.2, 0.25) is 0 Å². The van der Waals surface area contributed by atoms with Crippen LogP contribution >= 0.6 is 0 Å². The Bertz CT molecular complexity index is 514. The molecule has 2 N–H and O–H groups in total. The average Bonchev–Trinajstić information content (AvgIpc) is 2.33. The fourth-order valence-corrected chi connectivity index (χ4v) is 2.33. The molecule has 1 aromatic heterocycles. The summed E-state index contributed by atoms with van der Waals surface area (Å²) in [6.45, 7) is 0.262. The normalized spacial score (nSPS) is 17.2. The van der Waals surface area contributed by atoms with E-state index in [1.54, 1.807) is 0 Å². The third kappa shape index (κ3) is 2.40. The zero-order valence-electron chi connectivity index (χ0n) is 9.41. The Balaban J connectivity index is 2.29. The number of aromatic amines is 1. The summed E-state index contributed by atoms with van der Waals surface area (Å²) in [4.78, 5) is 24.2. The van der Waals surface area contributed by atoms with Crippen LogP contribution in [-0.2, 0) is 6.54 Å². The SMILES string of the molecule is O=c1[nH]c(=O)n(CC2CCCCC2)c(O)c1F. The van der Waals surface area contributed by atoms with Crippen molar-refractivity contribution in [1.29, 1.82) is 0 Å².